The van der Waals surface area contributed by atoms with Crippen molar-refractivity contribution in [3.63, 3.8) is 0 Å². The number of carbonyl (C=O) groups excluding carboxylic acids is 1. The monoisotopic (exact) mass is 250 g/mol. The summed E-state index contributed by atoms with van der Waals surface area (Å²) in [6.45, 7) is 2.57. The number of hydrogen-bond acceptors (Lipinski definition) is 3. The quantitative estimate of drug-likeness (QED) is 0.672. The summed E-state index contributed by atoms with van der Waals surface area (Å²) in [7, 11) is 1.39. The van der Waals surface area contributed by atoms with Crippen LogP contribution in [0.3, 0.4) is 0 Å². The molecular formula is C12H14N2O2S. The second-order valence-electron chi connectivity index (χ2n) is 3.88. The molecule has 1 N–H and O–H groups in total. The van der Waals surface area contributed by atoms with E-state index in [0.29, 0.717) is 17.7 Å². The number of hydrogen-bond donors (Lipinski definition) is 1. The fourth-order valence-electron chi connectivity index (χ4n) is 1.92. The Kier molecular flexibility index (Phi) is 3.28. The highest BCUT2D eigenvalue weighted by Crippen LogP contribution is 2.18. The molecule has 4 nitrogen and oxygen atoms in total. The molecule has 5 heteroatoms. The van der Waals surface area contributed by atoms with E-state index in [2.05, 4.69) is 9.72 Å². The fraction of sp³-hybridized carbons (Fsp3) is 0.333. The number of aromatic nitrogens is 2. The van der Waals surface area contributed by atoms with E-state index in [-0.39, 0.29) is 5.97 Å². The van der Waals surface area contributed by atoms with Gasteiger partial charge in [0.1, 0.15) is 0 Å². The van der Waals surface area contributed by atoms with Gasteiger partial charge in [-0.2, -0.15) is 0 Å². The molecule has 0 unspecified atom stereocenters. The molecule has 0 saturated carbocycles. The van der Waals surface area contributed by atoms with Crippen molar-refractivity contribution in [1.82, 2.24) is 9.55 Å². The van der Waals surface area contributed by atoms with E-state index < -0.39 is 0 Å². The normalized spacial score (nSPS) is 10.7. The zero-order valence-corrected chi connectivity index (χ0v) is 10.6. The Morgan fingerprint density at radius 1 is 1.53 bits per heavy atom. The fourth-order valence-corrected chi connectivity index (χ4v) is 2.21. The Hall–Kier alpha value is -1.62. The molecule has 1 heterocycles. The van der Waals surface area contributed by atoms with E-state index in [9.17, 15) is 4.79 Å². The maximum Gasteiger partial charge on any atom is 0.307 e. The number of benzene rings is 1. The summed E-state index contributed by atoms with van der Waals surface area (Å²) < 4.78 is 7.21. The predicted octanol–water partition coefficient (Wildman–Crippen LogP) is 2.57. The third-order valence-corrected chi connectivity index (χ3v) is 3.08. The Labute approximate surface area is 104 Å². The molecule has 0 spiro atoms. The van der Waals surface area contributed by atoms with Crippen LogP contribution in [0, 0.1) is 11.7 Å². The van der Waals surface area contributed by atoms with Crippen molar-refractivity contribution in [3.05, 3.63) is 28.5 Å². The largest absolute Gasteiger partial charge is 0.469 e. The predicted molar refractivity (Wildman–Crippen MR) is 68.5 cm³/mol. The molecule has 0 atom stereocenters. The van der Waals surface area contributed by atoms with E-state index >= 15 is 0 Å². The SMILES string of the molecule is COC(=O)CCn1c(=S)[nH]c2cccc(C)c21. The van der Waals surface area contributed by atoms with Crippen molar-refractivity contribution < 1.29 is 9.53 Å². The number of methoxy groups -OCH3 is 1. The molecule has 0 amide bonds. The van der Waals surface area contributed by atoms with Gasteiger partial charge in [0.2, 0.25) is 0 Å². The molecule has 0 saturated heterocycles. The molecule has 1 aromatic carbocycles. The van der Waals surface area contributed by atoms with E-state index in [1.807, 2.05) is 29.7 Å². The minimum Gasteiger partial charge on any atom is -0.469 e. The molecule has 0 bridgehead atoms. The van der Waals surface area contributed by atoms with E-state index in [4.69, 9.17) is 12.2 Å². The first-order chi connectivity index (χ1) is 8.13. The molecule has 17 heavy (non-hydrogen) atoms. The van der Waals surface area contributed by atoms with Gasteiger partial charge >= 0.3 is 5.97 Å². The number of fused-ring (bicyclic) bond motifs is 1. The van der Waals surface area contributed by atoms with Gasteiger partial charge in [0.15, 0.2) is 4.77 Å². The van der Waals surface area contributed by atoms with Gasteiger partial charge < -0.3 is 14.3 Å². The van der Waals surface area contributed by atoms with Crippen molar-refractivity contribution in [2.75, 3.05) is 7.11 Å². The van der Waals surface area contributed by atoms with Crippen molar-refractivity contribution >= 4 is 29.2 Å². The second-order valence-corrected chi connectivity index (χ2v) is 4.27. The average molecular weight is 250 g/mol. The lowest BCUT2D eigenvalue weighted by atomic mass is 10.2. The first-order valence-corrected chi connectivity index (χ1v) is 5.79. The highest BCUT2D eigenvalue weighted by molar-refractivity contribution is 7.71. The van der Waals surface area contributed by atoms with Crippen LogP contribution in [-0.4, -0.2) is 22.6 Å². The van der Waals surface area contributed by atoms with Gasteiger partial charge in [-0.15, -0.1) is 0 Å². The Morgan fingerprint density at radius 3 is 3.00 bits per heavy atom. The van der Waals surface area contributed by atoms with E-state index in [1.165, 1.54) is 7.11 Å². The maximum absolute atomic E-state index is 11.2. The number of H-pyrrole nitrogens is 1. The van der Waals surface area contributed by atoms with Crippen molar-refractivity contribution in [2.45, 2.75) is 19.9 Å². The number of ether oxygens (including phenoxy) is 1. The van der Waals surface area contributed by atoms with Crippen LogP contribution in [0.25, 0.3) is 11.0 Å². The molecular weight excluding hydrogens is 236 g/mol. The molecule has 90 valence electrons. The maximum atomic E-state index is 11.2. The number of rotatable bonds is 3. The van der Waals surface area contributed by atoms with E-state index in [1.54, 1.807) is 0 Å². The lowest BCUT2D eigenvalue weighted by molar-refractivity contribution is -0.140. The van der Waals surface area contributed by atoms with Crippen LogP contribution < -0.4 is 0 Å². The first-order valence-electron chi connectivity index (χ1n) is 5.38. The summed E-state index contributed by atoms with van der Waals surface area (Å²) >= 11 is 5.26. The summed E-state index contributed by atoms with van der Waals surface area (Å²) in [6, 6.07) is 5.99. The third-order valence-electron chi connectivity index (χ3n) is 2.76. The summed E-state index contributed by atoms with van der Waals surface area (Å²) in [5.41, 5.74) is 3.20. The first kappa shape index (κ1) is 11.9. The molecule has 0 aliphatic rings. The molecule has 0 aliphatic carbocycles. The van der Waals surface area contributed by atoms with Crippen LogP contribution in [0.2, 0.25) is 0 Å². The summed E-state index contributed by atoms with van der Waals surface area (Å²) in [5.74, 6) is -0.227. The number of nitrogens with one attached hydrogen (secondary N) is 1. The molecule has 0 fully saturated rings. The van der Waals surface area contributed by atoms with Gasteiger partial charge in [-0.25, -0.2) is 0 Å². The molecule has 0 aliphatic heterocycles. The molecule has 0 radical (unpaired) electrons. The van der Waals surface area contributed by atoms with Crippen LogP contribution in [0.15, 0.2) is 18.2 Å². The molecule has 2 aromatic rings. The topological polar surface area (TPSA) is 47.0 Å². The number of aryl methyl sites for hydroxylation is 2. The highest BCUT2D eigenvalue weighted by atomic mass is 32.1. The van der Waals surface area contributed by atoms with Crippen LogP contribution in [0.1, 0.15) is 12.0 Å². The summed E-state index contributed by atoms with van der Waals surface area (Å²) in [5, 5.41) is 0. The number of nitrogens with zero attached hydrogens (tertiary/aromatic N) is 1. The highest BCUT2D eigenvalue weighted by Gasteiger charge is 2.08. The third kappa shape index (κ3) is 2.24. The van der Waals surface area contributed by atoms with Crippen LogP contribution >= 0.6 is 12.2 Å². The van der Waals surface area contributed by atoms with Gasteiger partial charge in [0.25, 0.3) is 0 Å². The number of carbonyl (C=O) groups is 1. The lowest BCUT2D eigenvalue weighted by Crippen LogP contribution is -2.07. The number of aromatic amines is 1. The van der Waals surface area contributed by atoms with Gasteiger partial charge in [-0.1, -0.05) is 12.1 Å². The minimum absolute atomic E-state index is 0.227. The van der Waals surface area contributed by atoms with Gasteiger partial charge in [0.05, 0.1) is 24.6 Å². The summed E-state index contributed by atoms with van der Waals surface area (Å²) in [4.78, 5) is 14.3. The van der Waals surface area contributed by atoms with Crippen LogP contribution in [-0.2, 0) is 16.1 Å². The van der Waals surface area contributed by atoms with Crippen molar-refractivity contribution in [3.8, 4) is 0 Å². The average Bonchev–Trinajstić information content (AvgIpc) is 2.63. The Balaban J connectivity index is 2.42. The lowest BCUT2D eigenvalue weighted by Gasteiger charge is -2.05. The standard InChI is InChI=1S/C12H14N2O2S/c1-8-4-3-5-9-11(8)14(12(17)13-9)7-6-10(15)16-2/h3-5H,6-7H2,1-2H3,(H,13,17). The Bertz CT molecular complexity index is 612. The van der Waals surface area contributed by atoms with E-state index in [0.717, 1.165) is 16.6 Å². The van der Waals surface area contributed by atoms with Gasteiger partial charge in [-0.05, 0) is 30.8 Å². The number of para-hydroxylation sites is 1. The smallest absolute Gasteiger partial charge is 0.307 e. The second kappa shape index (κ2) is 4.71. The Morgan fingerprint density at radius 2 is 2.29 bits per heavy atom. The van der Waals surface area contributed by atoms with Crippen LogP contribution in [0.4, 0.5) is 0 Å². The minimum atomic E-state index is -0.227. The number of imidazole rings is 1. The van der Waals surface area contributed by atoms with Crippen molar-refractivity contribution in [1.29, 1.82) is 0 Å². The van der Waals surface area contributed by atoms with Gasteiger partial charge in [-0.3, -0.25) is 4.79 Å². The molecule has 1 aromatic heterocycles. The summed E-state index contributed by atoms with van der Waals surface area (Å²) in [6.07, 6.45) is 0.325. The van der Waals surface area contributed by atoms with Crippen molar-refractivity contribution in [2.24, 2.45) is 0 Å². The zero-order chi connectivity index (χ0) is 12.4. The number of esters is 1. The zero-order valence-electron chi connectivity index (χ0n) is 9.82. The molecule has 2 rings (SSSR count). The van der Waals surface area contributed by atoms with Crippen LogP contribution in [0.5, 0.6) is 0 Å². The van der Waals surface area contributed by atoms with Gasteiger partial charge in [0, 0.05) is 6.54 Å².